The molecule has 0 saturated heterocycles. The largest absolute Gasteiger partial charge is 0.357 e. The van der Waals surface area contributed by atoms with E-state index < -0.39 is 0 Å². The van der Waals surface area contributed by atoms with E-state index in [9.17, 15) is 0 Å². The molecule has 1 aromatic heterocycles. The summed E-state index contributed by atoms with van der Waals surface area (Å²) in [7, 11) is 1.81. The number of rotatable bonds is 6. The van der Waals surface area contributed by atoms with Crippen LogP contribution >= 0.6 is 0 Å². The van der Waals surface area contributed by atoms with Crippen molar-refractivity contribution in [3.05, 3.63) is 36.0 Å². The van der Waals surface area contributed by atoms with Gasteiger partial charge >= 0.3 is 0 Å². The van der Waals surface area contributed by atoms with Crippen LogP contribution in [0.1, 0.15) is 32.4 Å². The molecule has 0 aliphatic rings. The molecular weight excluding hydrogens is 260 g/mol. The zero-order chi connectivity index (χ0) is 15.1. The van der Waals surface area contributed by atoms with Gasteiger partial charge in [-0.2, -0.15) is 0 Å². The van der Waals surface area contributed by atoms with Gasteiger partial charge in [0.2, 0.25) is 0 Å². The van der Waals surface area contributed by atoms with E-state index in [1.54, 1.807) is 0 Å². The fraction of sp³-hybridized carbons (Fsp3) is 0.471. The molecule has 3 N–H and O–H groups in total. The zero-order valence-corrected chi connectivity index (χ0v) is 13.2. The molecule has 21 heavy (non-hydrogen) atoms. The number of hydrogen-bond donors (Lipinski definition) is 3. The Morgan fingerprint density at radius 1 is 1.19 bits per heavy atom. The number of para-hydroxylation sites is 1. The van der Waals surface area contributed by atoms with E-state index >= 15 is 0 Å². The lowest BCUT2D eigenvalue weighted by Crippen LogP contribution is -2.39. The molecule has 0 unspecified atom stereocenters. The highest BCUT2D eigenvalue weighted by Gasteiger charge is 2.05. The summed E-state index contributed by atoms with van der Waals surface area (Å²) in [6, 6.07) is 10.5. The van der Waals surface area contributed by atoms with Crippen molar-refractivity contribution < 1.29 is 0 Å². The summed E-state index contributed by atoms with van der Waals surface area (Å²) in [6.07, 6.45) is 2.39. The summed E-state index contributed by atoms with van der Waals surface area (Å²) < 4.78 is 0. The lowest BCUT2D eigenvalue weighted by atomic mass is 10.0. The van der Waals surface area contributed by atoms with Crippen LogP contribution in [0.15, 0.2) is 35.3 Å². The van der Waals surface area contributed by atoms with Crippen LogP contribution in [0.5, 0.6) is 0 Å². The maximum Gasteiger partial charge on any atom is 0.191 e. The molecule has 2 rings (SSSR count). The monoisotopic (exact) mass is 286 g/mol. The molecule has 114 valence electrons. The highest BCUT2D eigenvalue weighted by molar-refractivity contribution is 5.81. The Balaban J connectivity index is 1.88. The van der Waals surface area contributed by atoms with Crippen LogP contribution < -0.4 is 10.6 Å². The smallest absolute Gasteiger partial charge is 0.191 e. The third-order valence-corrected chi connectivity index (χ3v) is 3.97. The van der Waals surface area contributed by atoms with Gasteiger partial charge in [-0.05, 0) is 23.4 Å². The Morgan fingerprint density at radius 3 is 2.62 bits per heavy atom. The van der Waals surface area contributed by atoms with Gasteiger partial charge < -0.3 is 15.6 Å². The molecule has 0 spiro atoms. The summed E-state index contributed by atoms with van der Waals surface area (Å²) in [6.45, 7) is 6.18. The molecule has 0 bridgehead atoms. The fourth-order valence-electron chi connectivity index (χ4n) is 2.45. The van der Waals surface area contributed by atoms with Crippen molar-refractivity contribution in [2.75, 3.05) is 13.6 Å². The molecule has 0 aliphatic heterocycles. The van der Waals surface area contributed by atoms with Gasteiger partial charge in [0.1, 0.15) is 0 Å². The summed E-state index contributed by atoms with van der Waals surface area (Å²) in [5.74, 6) is 1.57. The highest BCUT2D eigenvalue weighted by atomic mass is 15.2. The minimum absolute atomic E-state index is 0.705. The van der Waals surface area contributed by atoms with E-state index in [1.807, 2.05) is 13.1 Å². The van der Waals surface area contributed by atoms with E-state index in [2.05, 4.69) is 58.7 Å². The number of nitrogens with one attached hydrogen (secondary N) is 3. The number of H-pyrrole nitrogens is 1. The van der Waals surface area contributed by atoms with Crippen LogP contribution in [0.25, 0.3) is 10.9 Å². The van der Waals surface area contributed by atoms with Crippen molar-refractivity contribution in [2.24, 2.45) is 10.9 Å². The number of aromatic amines is 1. The summed E-state index contributed by atoms with van der Waals surface area (Å²) in [4.78, 5) is 7.70. The average Bonchev–Trinajstić information content (AvgIpc) is 2.94. The molecule has 2 aromatic rings. The average molecular weight is 286 g/mol. The van der Waals surface area contributed by atoms with Crippen molar-refractivity contribution >= 4 is 16.9 Å². The number of nitrogens with zero attached hydrogens (tertiary/aromatic N) is 1. The molecule has 0 radical (unpaired) electrons. The van der Waals surface area contributed by atoms with Gasteiger partial charge in [-0.1, -0.05) is 44.9 Å². The van der Waals surface area contributed by atoms with Crippen LogP contribution in [0.2, 0.25) is 0 Å². The Labute approximate surface area is 127 Å². The van der Waals surface area contributed by atoms with Crippen molar-refractivity contribution in [2.45, 2.75) is 33.2 Å². The van der Waals surface area contributed by atoms with E-state index in [-0.39, 0.29) is 0 Å². The fourth-order valence-corrected chi connectivity index (χ4v) is 2.45. The zero-order valence-electron chi connectivity index (χ0n) is 13.2. The van der Waals surface area contributed by atoms with Crippen LogP contribution in [0.4, 0.5) is 0 Å². The molecule has 4 heteroatoms. The van der Waals surface area contributed by atoms with Gasteiger partial charge in [0, 0.05) is 24.8 Å². The molecule has 0 fully saturated rings. The number of aromatic nitrogens is 1. The SMILES string of the molecule is CCC(CC)CNC(=NC)NCc1cc2ccccc2[nH]1. The summed E-state index contributed by atoms with van der Waals surface area (Å²) in [5.41, 5.74) is 2.34. The number of guanidine groups is 1. The predicted octanol–water partition coefficient (Wildman–Crippen LogP) is 3.27. The van der Waals surface area contributed by atoms with Crippen LogP contribution in [0, 0.1) is 5.92 Å². The standard InChI is InChI=1S/C17H26N4/c1-4-13(5-2)11-19-17(18-3)20-12-15-10-14-8-6-7-9-16(14)21-15/h6-10,13,21H,4-5,11-12H2,1-3H3,(H2,18,19,20). The van der Waals surface area contributed by atoms with E-state index in [0.29, 0.717) is 5.92 Å². The van der Waals surface area contributed by atoms with Gasteiger partial charge in [-0.15, -0.1) is 0 Å². The lowest BCUT2D eigenvalue weighted by Gasteiger charge is -2.16. The first-order valence-corrected chi connectivity index (χ1v) is 7.78. The van der Waals surface area contributed by atoms with Crippen LogP contribution in [-0.2, 0) is 6.54 Å². The molecule has 4 nitrogen and oxygen atoms in total. The van der Waals surface area contributed by atoms with Gasteiger partial charge in [-0.3, -0.25) is 4.99 Å². The van der Waals surface area contributed by atoms with Crippen LogP contribution in [-0.4, -0.2) is 24.5 Å². The molecule has 0 saturated carbocycles. The van der Waals surface area contributed by atoms with E-state index in [0.717, 1.165) is 19.0 Å². The third-order valence-electron chi connectivity index (χ3n) is 3.97. The maximum atomic E-state index is 4.28. The third kappa shape index (κ3) is 4.25. The molecule has 0 atom stereocenters. The number of fused-ring (bicyclic) bond motifs is 1. The minimum Gasteiger partial charge on any atom is -0.357 e. The molecular formula is C17H26N4. The van der Waals surface area contributed by atoms with Crippen molar-refractivity contribution in [3.8, 4) is 0 Å². The van der Waals surface area contributed by atoms with Gasteiger partial charge in [0.05, 0.1) is 6.54 Å². The second kappa shape index (κ2) is 7.72. The Hall–Kier alpha value is -1.97. The second-order valence-corrected chi connectivity index (χ2v) is 5.37. The number of aliphatic imine (C=N–C) groups is 1. The van der Waals surface area contributed by atoms with Gasteiger partial charge in [-0.25, -0.2) is 0 Å². The Bertz CT molecular complexity index is 548. The molecule has 1 aromatic carbocycles. The lowest BCUT2D eigenvalue weighted by molar-refractivity contribution is 0.481. The molecule has 1 heterocycles. The minimum atomic E-state index is 0.705. The quantitative estimate of drug-likeness (QED) is 0.564. The summed E-state index contributed by atoms with van der Waals surface area (Å²) in [5, 5.41) is 8.00. The molecule has 0 amide bonds. The van der Waals surface area contributed by atoms with Crippen molar-refractivity contribution in [1.82, 2.24) is 15.6 Å². The normalized spacial score (nSPS) is 12.1. The number of benzene rings is 1. The van der Waals surface area contributed by atoms with E-state index in [4.69, 9.17) is 0 Å². The first-order chi connectivity index (χ1) is 10.3. The van der Waals surface area contributed by atoms with Gasteiger partial charge in [0.15, 0.2) is 5.96 Å². The van der Waals surface area contributed by atoms with Crippen molar-refractivity contribution in [3.63, 3.8) is 0 Å². The van der Waals surface area contributed by atoms with Crippen LogP contribution in [0.3, 0.4) is 0 Å². The number of hydrogen-bond acceptors (Lipinski definition) is 1. The predicted molar refractivity (Wildman–Crippen MR) is 90.6 cm³/mol. The summed E-state index contributed by atoms with van der Waals surface area (Å²) >= 11 is 0. The second-order valence-electron chi connectivity index (χ2n) is 5.37. The topological polar surface area (TPSA) is 52.2 Å². The Kier molecular flexibility index (Phi) is 5.67. The first-order valence-electron chi connectivity index (χ1n) is 7.78. The highest BCUT2D eigenvalue weighted by Crippen LogP contribution is 2.14. The van der Waals surface area contributed by atoms with E-state index in [1.165, 1.54) is 29.4 Å². The van der Waals surface area contributed by atoms with Crippen molar-refractivity contribution in [1.29, 1.82) is 0 Å². The Morgan fingerprint density at radius 2 is 1.95 bits per heavy atom. The molecule has 0 aliphatic carbocycles. The van der Waals surface area contributed by atoms with Gasteiger partial charge in [0.25, 0.3) is 0 Å². The maximum absolute atomic E-state index is 4.28. The first kappa shape index (κ1) is 15.4.